The van der Waals surface area contributed by atoms with Gasteiger partial charge in [0.1, 0.15) is 6.33 Å². The summed E-state index contributed by atoms with van der Waals surface area (Å²) in [5.74, 6) is 0.646. The number of benzene rings is 1. The fourth-order valence-corrected chi connectivity index (χ4v) is 1.98. The highest BCUT2D eigenvalue weighted by Gasteiger charge is 2.12. The molecular weight excluding hydrogens is 238 g/mol. The summed E-state index contributed by atoms with van der Waals surface area (Å²) in [6, 6.07) is 9.97. The van der Waals surface area contributed by atoms with Gasteiger partial charge in [-0.2, -0.15) is 0 Å². The van der Waals surface area contributed by atoms with Crippen molar-refractivity contribution < 1.29 is 4.74 Å². The van der Waals surface area contributed by atoms with Gasteiger partial charge in [-0.1, -0.05) is 30.3 Å². The van der Waals surface area contributed by atoms with E-state index in [4.69, 9.17) is 10.5 Å². The third kappa shape index (κ3) is 3.29. The number of ether oxygens (including phenoxy) is 1. The van der Waals surface area contributed by atoms with Crippen LogP contribution in [0.2, 0.25) is 0 Å². The van der Waals surface area contributed by atoms with Crippen LogP contribution in [0.25, 0.3) is 0 Å². The number of nitrogens with zero attached hydrogens (tertiary/aromatic N) is 2. The number of aromatic nitrogens is 2. The van der Waals surface area contributed by atoms with Crippen molar-refractivity contribution >= 4 is 0 Å². The summed E-state index contributed by atoms with van der Waals surface area (Å²) >= 11 is 0. The lowest BCUT2D eigenvalue weighted by Gasteiger charge is -2.14. The maximum absolute atomic E-state index is 6.22. The lowest BCUT2D eigenvalue weighted by atomic mass is 10.0. The smallest absolute Gasteiger partial charge is 0.219 e. The summed E-state index contributed by atoms with van der Waals surface area (Å²) in [4.78, 5) is 8.45. The number of rotatable bonds is 5. The molecule has 1 heterocycles. The van der Waals surface area contributed by atoms with Crippen molar-refractivity contribution in [3.8, 4) is 5.88 Å². The Kier molecular flexibility index (Phi) is 4.47. The highest BCUT2D eigenvalue weighted by atomic mass is 16.5. The summed E-state index contributed by atoms with van der Waals surface area (Å²) in [7, 11) is 0. The first kappa shape index (κ1) is 13.5. The van der Waals surface area contributed by atoms with Crippen LogP contribution in [0.4, 0.5) is 0 Å². The highest BCUT2D eigenvalue weighted by molar-refractivity contribution is 5.30. The van der Waals surface area contributed by atoms with Crippen molar-refractivity contribution in [2.24, 2.45) is 5.73 Å². The number of nitrogens with two attached hydrogens (primary N) is 1. The van der Waals surface area contributed by atoms with E-state index in [9.17, 15) is 0 Å². The minimum absolute atomic E-state index is 0.0655. The monoisotopic (exact) mass is 257 g/mol. The molecule has 1 unspecified atom stereocenters. The Morgan fingerprint density at radius 1 is 1.21 bits per heavy atom. The average molecular weight is 257 g/mol. The molecule has 19 heavy (non-hydrogen) atoms. The van der Waals surface area contributed by atoms with E-state index in [2.05, 4.69) is 9.97 Å². The van der Waals surface area contributed by atoms with E-state index in [1.165, 1.54) is 6.33 Å². The van der Waals surface area contributed by atoms with Crippen molar-refractivity contribution in [3.63, 3.8) is 0 Å². The molecule has 2 rings (SSSR count). The molecule has 0 radical (unpaired) electrons. The first-order valence-electron chi connectivity index (χ1n) is 6.46. The van der Waals surface area contributed by atoms with Crippen LogP contribution in [0.5, 0.6) is 5.88 Å². The van der Waals surface area contributed by atoms with Gasteiger partial charge >= 0.3 is 0 Å². The summed E-state index contributed by atoms with van der Waals surface area (Å²) in [5.41, 5.74) is 9.24. The normalized spacial score (nSPS) is 12.2. The largest absolute Gasteiger partial charge is 0.478 e. The van der Waals surface area contributed by atoms with Crippen LogP contribution in [0.15, 0.2) is 36.7 Å². The molecule has 100 valence electrons. The molecule has 4 nitrogen and oxygen atoms in total. The Bertz CT molecular complexity index is 528. The molecule has 0 fully saturated rings. The van der Waals surface area contributed by atoms with Crippen LogP contribution in [0.1, 0.15) is 29.8 Å². The molecule has 0 aliphatic rings. The van der Waals surface area contributed by atoms with Gasteiger partial charge in [-0.05, 0) is 19.4 Å². The van der Waals surface area contributed by atoms with Crippen molar-refractivity contribution in [2.45, 2.75) is 26.3 Å². The van der Waals surface area contributed by atoms with Crippen molar-refractivity contribution in [1.29, 1.82) is 0 Å². The Morgan fingerprint density at radius 3 is 2.63 bits per heavy atom. The van der Waals surface area contributed by atoms with E-state index >= 15 is 0 Å². The Labute approximate surface area is 113 Å². The van der Waals surface area contributed by atoms with Crippen LogP contribution < -0.4 is 10.5 Å². The van der Waals surface area contributed by atoms with Crippen LogP contribution >= 0.6 is 0 Å². The molecule has 0 saturated carbocycles. The molecule has 2 aromatic rings. The topological polar surface area (TPSA) is 61.0 Å². The van der Waals surface area contributed by atoms with Gasteiger partial charge in [-0.25, -0.2) is 9.97 Å². The SMILES string of the molecule is CCOc1ncnc(CC(N)c2ccccc2)c1C. The molecule has 0 saturated heterocycles. The van der Waals surface area contributed by atoms with E-state index < -0.39 is 0 Å². The molecule has 1 aromatic carbocycles. The molecule has 0 bridgehead atoms. The summed E-state index contributed by atoms with van der Waals surface area (Å²) in [5, 5.41) is 0. The predicted octanol–water partition coefficient (Wildman–Crippen LogP) is 2.43. The predicted molar refractivity (Wildman–Crippen MR) is 75.0 cm³/mol. The Hall–Kier alpha value is -1.94. The van der Waals surface area contributed by atoms with Gasteiger partial charge in [0.25, 0.3) is 0 Å². The van der Waals surface area contributed by atoms with E-state index in [0.717, 1.165) is 16.8 Å². The van der Waals surface area contributed by atoms with Crippen LogP contribution in [0, 0.1) is 6.92 Å². The third-order valence-corrected chi connectivity index (χ3v) is 3.06. The van der Waals surface area contributed by atoms with Crippen molar-refractivity contribution in [1.82, 2.24) is 9.97 Å². The zero-order valence-corrected chi connectivity index (χ0v) is 11.3. The highest BCUT2D eigenvalue weighted by Crippen LogP contribution is 2.21. The quantitative estimate of drug-likeness (QED) is 0.893. The standard InChI is InChI=1S/C15H19N3O/c1-3-19-15-11(2)14(17-10-18-15)9-13(16)12-7-5-4-6-8-12/h4-8,10,13H,3,9,16H2,1-2H3. The van der Waals surface area contributed by atoms with Crippen LogP contribution in [0.3, 0.4) is 0 Å². The molecule has 0 spiro atoms. The molecule has 0 aliphatic heterocycles. The lowest BCUT2D eigenvalue weighted by Crippen LogP contribution is -2.15. The Balaban J connectivity index is 2.17. The molecule has 2 N–H and O–H groups in total. The van der Waals surface area contributed by atoms with Gasteiger partial charge in [0.2, 0.25) is 5.88 Å². The fraction of sp³-hybridized carbons (Fsp3) is 0.333. The molecular formula is C15H19N3O. The van der Waals surface area contributed by atoms with Gasteiger partial charge in [-0.15, -0.1) is 0 Å². The van der Waals surface area contributed by atoms with E-state index in [1.54, 1.807) is 0 Å². The van der Waals surface area contributed by atoms with Gasteiger partial charge in [0.15, 0.2) is 0 Å². The molecule has 1 aromatic heterocycles. The molecule has 1 atom stereocenters. The van der Waals surface area contributed by atoms with E-state index in [0.29, 0.717) is 18.9 Å². The van der Waals surface area contributed by atoms with Gasteiger partial charge in [-0.3, -0.25) is 0 Å². The maximum Gasteiger partial charge on any atom is 0.219 e. The zero-order chi connectivity index (χ0) is 13.7. The second-order valence-electron chi connectivity index (χ2n) is 4.40. The van der Waals surface area contributed by atoms with E-state index in [-0.39, 0.29) is 6.04 Å². The van der Waals surface area contributed by atoms with Crippen LogP contribution in [-0.2, 0) is 6.42 Å². The summed E-state index contributed by atoms with van der Waals surface area (Å²) in [6.45, 7) is 4.51. The van der Waals surface area contributed by atoms with Crippen LogP contribution in [-0.4, -0.2) is 16.6 Å². The van der Waals surface area contributed by atoms with Crippen molar-refractivity contribution in [2.75, 3.05) is 6.61 Å². The van der Waals surface area contributed by atoms with Gasteiger partial charge in [0, 0.05) is 18.0 Å². The zero-order valence-electron chi connectivity index (χ0n) is 11.3. The minimum Gasteiger partial charge on any atom is -0.478 e. The Morgan fingerprint density at radius 2 is 1.95 bits per heavy atom. The molecule has 0 aliphatic carbocycles. The second kappa shape index (κ2) is 6.29. The van der Waals surface area contributed by atoms with Gasteiger partial charge in [0.05, 0.1) is 12.3 Å². The number of hydrogen-bond donors (Lipinski definition) is 1. The van der Waals surface area contributed by atoms with Gasteiger partial charge < -0.3 is 10.5 Å². The maximum atomic E-state index is 6.22. The summed E-state index contributed by atoms with van der Waals surface area (Å²) in [6.07, 6.45) is 2.21. The third-order valence-electron chi connectivity index (χ3n) is 3.06. The fourth-order valence-electron chi connectivity index (χ4n) is 1.98. The number of hydrogen-bond acceptors (Lipinski definition) is 4. The molecule has 0 amide bonds. The van der Waals surface area contributed by atoms with Crippen molar-refractivity contribution in [3.05, 3.63) is 53.5 Å². The summed E-state index contributed by atoms with van der Waals surface area (Å²) < 4.78 is 5.47. The first-order chi connectivity index (χ1) is 9.22. The first-order valence-corrected chi connectivity index (χ1v) is 6.46. The average Bonchev–Trinajstić information content (AvgIpc) is 2.44. The second-order valence-corrected chi connectivity index (χ2v) is 4.40. The molecule has 4 heteroatoms. The van der Waals surface area contributed by atoms with E-state index in [1.807, 2.05) is 44.2 Å². The lowest BCUT2D eigenvalue weighted by molar-refractivity contribution is 0.322. The minimum atomic E-state index is -0.0655.